The Kier molecular flexibility index (Phi) is 4.11. The number of hydrogen-bond donors (Lipinski definition) is 0. The fourth-order valence-corrected chi connectivity index (χ4v) is 4.03. The first kappa shape index (κ1) is 17.5. The molecule has 1 aromatic heterocycles. The van der Waals surface area contributed by atoms with Crippen LogP contribution < -0.4 is 0 Å². The Morgan fingerprint density at radius 1 is 1.00 bits per heavy atom. The van der Waals surface area contributed by atoms with Gasteiger partial charge < -0.3 is 4.57 Å². The summed E-state index contributed by atoms with van der Waals surface area (Å²) in [5.41, 5.74) is 3.09. The van der Waals surface area contributed by atoms with Crippen molar-refractivity contribution in [3.05, 3.63) is 71.8 Å². The van der Waals surface area contributed by atoms with E-state index in [4.69, 9.17) is 0 Å². The number of ketones is 2. The van der Waals surface area contributed by atoms with E-state index in [1.807, 2.05) is 67.6 Å². The fraction of sp³-hybridized carbons (Fsp3) is 0.250. The number of nitrogens with zero attached hydrogens (tertiary/aromatic N) is 1. The number of aryl methyl sites for hydroxylation is 1. The highest BCUT2D eigenvalue weighted by molar-refractivity contribution is 6.13. The van der Waals surface area contributed by atoms with E-state index in [0.717, 1.165) is 28.4 Å². The zero-order valence-electron chi connectivity index (χ0n) is 16.0. The molecule has 1 atom stereocenters. The maximum Gasteiger partial charge on any atom is 0.172 e. The van der Waals surface area contributed by atoms with E-state index in [9.17, 15) is 9.59 Å². The van der Waals surface area contributed by atoms with Crippen LogP contribution in [0.15, 0.2) is 60.7 Å². The van der Waals surface area contributed by atoms with Gasteiger partial charge in [0.2, 0.25) is 0 Å². The molecule has 0 saturated heterocycles. The third-order valence-corrected chi connectivity index (χ3v) is 5.62. The molecule has 4 rings (SSSR count). The van der Waals surface area contributed by atoms with Gasteiger partial charge >= 0.3 is 0 Å². The monoisotopic (exact) mass is 357 g/mol. The molecule has 0 N–H and O–H groups in total. The number of carbonyl (C=O) groups is 2. The van der Waals surface area contributed by atoms with Crippen molar-refractivity contribution in [2.24, 2.45) is 5.41 Å². The highest BCUT2D eigenvalue weighted by atomic mass is 16.1. The van der Waals surface area contributed by atoms with Crippen LogP contribution in [0.25, 0.3) is 21.8 Å². The summed E-state index contributed by atoms with van der Waals surface area (Å²) in [6.45, 7) is 6.51. The van der Waals surface area contributed by atoms with Gasteiger partial charge in [0.25, 0.3) is 0 Å². The number of allylic oxidation sites excluding steroid dienone is 4. The van der Waals surface area contributed by atoms with Crippen molar-refractivity contribution in [1.29, 1.82) is 0 Å². The van der Waals surface area contributed by atoms with Crippen LogP contribution in [0.3, 0.4) is 0 Å². The van der Waals surface area contributed by atoms with Gasteiger partial charge in [-0.05, 0) is 63.6 Å². The second kappa shape index (κ2) is 6.34. The van der Waals surface area contributed by atoms with Crippen molar-refractivity contribution >= 4 is 33.4 Å². The Morgan fingerprint density at radius 3 is 2.19 bits per heavy atom. The molecule has 0 bridgehead atoms. The van der Waals surface area contributed by atoms with Gasteiger partial charge in [-0.2, -0.15) is 0 Å². The minimum Gasteiger partial charge on any atom is -0.341 e. The number of benzene rings is 2. The number of aromatic nitrogens is 1. The Morgan fingerprint density at radius 2 is 1.63 bits per heavy atom. The Balaban J connectivity index is 1.93. The molecule has 0 amide bonds. The van der Waals surface area contributed by atoms with Gasteiger partial charge in [0.05, 0.1) is 5.41 Å². The van der Waals surface area contributed by atoms with Gasteiger partial charge in [-0.3, -0.25) is 9.59 Å². The van der Waals surface area contributed by atoms with E-state index >= 15 is 0 Å². The van der Waals surface area contributed by atoms with Crippen molar-refractivity contribution in [2.45, 2.75) is 33.7 Å². The van der Waals surface area contributed by atoms with E-state index < -0.39 is 5.41 Å². The molecule has 1 aliphatic rings. The maximum absolute atomic E-state index is 13.2. The molecule has 0 aliphatic heterocycles. The molecule has 0 saturated carbocycles. The van der Waals surface area contributed by atoms with E-state index in [1.54, 1.807) is 6.92 Å². The maximum atomic E-state index is 13.2. The lowest BCUT2D eigenvalue weighted by Crippen LogP contribution is -2.26. The van der Waals surface area contributed by atoms with Gasteiger partial charge in [-0.25, -0.2) is 0 Å². The molecule has 1 aliphatic carbocycles. The van der Waals surface area contributed by atoms with Crippen molar-refractivity contribution in [3.63, 3.8) is 0 Å². The van der Waals surface area contributed by atoms with E-state index in [0.29, 0.717) is 17.5 Å². The summed E-state index contributed by atoms with van der Waals surface area (Å²) in [7, 11) is 0. The molecule has 0 fully saturated rings. The van der Waals surface area contributed by atoms with Gasteiger partial charge in [-0.1, -0.05) is 24.3 Å². The summed E-state index contributed by atoms with van der Waals surface area (Å²) in [5, 5.41) is 2.05. The van der Waals surface area contributed by atoms with Crippen LogP contribution in [0, 0.1) is 5.41 Å². The number of Topliss-reactive ketones (excluding diaryl/α,β-unsaturated/α-hetero) is 2. The van der Waals surface area contributed by atoms with Crippen LogP contribution >= 0.6 is 0 Å². The molecule has 1 unspecified atom stereocenters. The summed E-state index contributed by atoms with van der Waals surface area (Å²) in [6.07, 6.45) is 8.67. The van der Waals surface area contributed by atoms with Gasteiger partial charge in [0.15, 0.2) is 11.6 Å². The van der Waals surface area contributed by atoms with Gasteiger partial charge in [-0.15, -0.1) is 0 Å². The SMILES string of the molecule is CCn1c2ccc(C(C)=O)cc2c2cc(C(=O)C3(C)C=CC=CC3)ccc21. The Hall–Kier alpha value is -2.94. The van der Waals surface area contributed by atoms with Gasteiger partial charge in [0, 0.05) is 39.5 Å². The van der Waals surface area contributed by atoms with Crippen LogP contribution in [-0.2, 0) is 6.54 Å². The Bertz CT molecular complexity index is 1150. The predicted molar refractivity (Wildman–Crippen MR) is 110 cm³/mol. The van der Waals surface area contributed by atoms with E-state index in [2.05, 4.69) is 11.5 Å². The molecule has 27 heavy (non-hydrogen) atoms. The summed E-state index contributed by atoms with van der Waals surface area (Å²) in [4.78, 5) is 25.1. The molecule has 3 nitrogen and oxygen atoms in total. The highest BCUT2D eigenvalue weighted by Crippen LogP contribution is 2.35. The minimum absolute atomic E-state index is 0.0492. The molecular weight excluding hydrogens is 334 g/mol. The number of rotatable bonds is 4. The molecule has 0 spiro atoms. The zero-order chi connectivity index (χ0) is 19.2. The minimum atomic E-state index is -0.504. The number of hydrogen-bond acceptors (Lipinski definition) is 2. The van der Waals surface area contributed by atoms with Crippen molar-refractivity contribution < 1.29 is 9.59 Å². The summed E-state index contributed by atoms with van der Waals surface area (Å²) in [5.74, 6) is 0.179. The van der Waals surface area contributed by atoms with Gasteiger partial charge in [0.1, 0.15) is 0 Å². The first-order valence-electron chi connectivity index (χ1n) is 9.41. The van der Waals surface area contributed by atoms with Crippen molar-refractivity contribution in [1.82, 2.24) is 4.57 Å². The third-order valence-electron chi connectivity index (χ3n) is 5.62. The second-order valence-electron chi connectivity index (χ2n) is 7.50. The van der Waals surface area contributed by atoms with Crippen molar-refractivity contribution in [3.8, 4) is 0 Å². The lowest BCUT2D eigenvalue weighted by Gasteiger charge is -2.24. The quantitative estimate of drug-likeness (QED) is 0.560. The van der Waals surface area contributed by atoms with Crippen molar-refractivity contribution in [2.75, 3.05) is 0 Å². The molecule has 0 radical (unpaired) electrons. The lowest BCUT2D eigenvalue weighted by atomic mass is 9.77. The summed E-state index contributed by atoms with van der Waals surface area (Å²) < 4.78 is 2.23. The molecule has 3 heteroatoms. The fourth-order valence-electron chi connectivity index (χ4n) is 4.03. The first-order valence-corrected chi connectivity index (χ1v) is 9.41. The van der Waals surface area contributed by atoms with Crippen LogP contribution in [0.5, 0.6) is 0 Å². The average molecular weight is 357 g/mol. The van der Waals surface area contributed by atoms with Crippen LogP contribution in [0.1, 0.15) is 47.9 Å². The molecular formula is C24H23NO2. The lowest BCUT2D eigenvalue weighted by molar-refractivity contribution is 0.0870. The highest BCUT2D eigenvalue weighted by Gasteiger charge is 2.31. The average Bonchev–Trinajstić information content (AvgIpc) is 3.00. The Labute approximate surface area is 159 Å². The van der Waals surface area contributed by atoms with Crippen LogP contribution in [0.2, 0.25) is 0 Å². The molecule has 2 aromatic carbocycles. The summed E-state index contributed by atoms with van der Waals surface area (Å²) in [6, 6.07) is 11.8. The van der Waals surface area contributed by atoms with E-state index in [-0.39, 0.29) is 11.6 Å². The second-order valence-corrected chi connectivity index (χ2v) is 7.50. The third kappa shape index (κ3) is 2.74. The normalized spacial score (nSPS) is 19.1. The number of carbonyl (C=O) groups excluding carboxylic acids is 2. The number of fused-ring (bicyclic) bond motifs is 3. The van der Waals surface area contributed by atoms with Crippen LogP contribution in [-0.4, -0.2) is 16.1 Å². The van der Waals surface area contributed by atoms with Crippen LogP contribution in [0.4, 0.5) is 0 Å². The summed E-state index contributed by atoms with van der Waals surface area (Å²) >= 11 is 0. The molecule has 136 valence electrons. The smallest absolute Gasteiger partial charge is 0.172 e. The molecule has 1 heterocycles. The topological polar surface area (TPSA) is 39.1 Å². The van der Waals surface area contributed by atoms with E-state index in [1.165, 1.54) is 0 Å². The molecule has 3 aromatic rings. The standard InChI is InChI=1S/C24H23NO2/c1-4-25-21-10-8-17(16(2)26)14-19(21)20-15-18(9-11-22(20)25)23(27)24(3)12-6-5-7-13-24/h5-12,14-15H,4,13H2,1-3H3. The predicted octanol–water partition coefficient (Wildman–Crippen LogP) is 5.72. The largest absolute Gasteiger partial charge is 0.341 e. The zero-order valence-corrected chi connectivity index (χ0v) is 16.0. The first-order chi connectivity index (χ1) is 12.9.